The minimum Gasteiger partial charge on any atom is -0.392 e. The lowest BCUT2D eigenvalue weighted by Gasteiger charge is -2.14. The maximum absolute atomic E-state index is 9.48. The SMILES string of the molecule is Cl.NCc1cc(-c2ccnc(Cl)c2)cc(Cl)c1Sc1ncccc1CO. The van der Waals surface area contributed by atoms with Crippen molar-refractivity contribution >= 4 is 47.4 Å². The Morgan fingerprint density at radius 1 is 1.00 bits per heavy atom. The Labute approximate surface area is 172 Å². The number of benzene rings is 1. The maximum atomic E-state index is 9.48. The first-order valence-corrected chi connectivity index (χ1v) is 9.06. The number of hydrogen-bond donors (Lipinski definition) is 2. The van der Waals surface area contributed by atoms with Gasteiger partial charge in [-0.25, -0.2) is 9.97 Å². The molecule has 0 aliphatic heterocycles. The number of hydrogen-bond acceptors (Lipinski definition) is 5. The number of nitrogens with zero attached hydrogens (tertiary/aromatic N) is 2. The smallest absolute Gasteiger partial charge is 0.129 e. The predicted molar refractivity (Wildman–Crippen MR) is 109 cm³/mol. The van der Waals surface area contributed by atoms with Crippen LogP contribution in [0.2, 0.25) is 10.2 Å². The average Bonchev–Trinajstić information content (AvgIpc) is 2.63. The summed E-state index contributed by atoms with van der Waals surface area (Å²) in [5.74, 6) is 0. The van der Waals surface area contributed by atoms with E-state index in [-0.39, 0.29) is 19.0 Å². The summed E-state index contributed by atoms with van der Waals surface area (Å²) < 4.78 is 0. The van der Waals surface area contributed by atoms with Gasteiger partial charge in [0.1, 0.15) is 10.2 Å². The number of aromatic nitrogens is 2. The van der Waals surface area contributed by atoms with E-state index >= 15 is 0 Å². The zero-order valence-electron chi connectivity index (χ0n) is 13.5. The van der Waals surface area contributed by atoms with E-state index in [0.29, 0.717) is 21.7 Å². The van der Waals surface area contributed by atoms with Crippen LogP contribution >= 0.6 is 47.4 Å². The Bertz CT molecular complexity index is 909. The van der Waals surface area contributed by atoms with Gasteiger partial charge in [-0.3, -0.25) is 0 Å². The lowest BCUT2D eigenvalue weighted by atomic mass is 10.0. The first kappa shape index (κ1) is 21.0. The highest BCUT2D eigenvalue weighted by molar-refractivity contribution is 7.99. The molecule has 1 aromatic carbocycles. The molecule has 3 N–H and O–H groups in total. The largest absolute Gasteiger partial charge is 0.392 e. The van der Waals surface area contributed by atoms with Crippen molar-refractivity contribution in [1.82, 2.24) is 9.97 Å². The van der Waals surface area contributed by atoms with E-state index in [0.717, 1.165) is 27.1 Å². The molecule has 0 amide bonds. The standard InChI is InChI=1S/C18H15Cl2N3OS.ClH/c19-15-7-13(11-3-5-22-16(20)8-11)6-14(9-21)17(15)25-18-12(10-24)2-1-4-23-18;/h1-8,24H,9-10,21H2;1H. The van der Waals surface area contributed by atoms with E-state index in [4.69, 9.17) is 28.9 Å². The van der Waals surface area contributed by atoms with Gasteiger partial charge in [0.2, 0.25) is 0 Å². The van der Waals surface area contributed by atoms with E-state index in [1.165, 1.54) is 11.8 Å². The molecule has 0 saturated heterocycles. The van der Waals surface area contributed by atoms with Crippen molar-refractivity contribution in [3.05, 3.63) is 70.1 Å². The van der Waals surface area contributed by atoms with Crippen molar-refractivity contribution in [2.75, 3.05) is 0 Å². The second-order valence-electron chi connectivity index (χ2n) is 5.25. The van der Waals surface area contributed by atoms with E-state index < -0.39 is 0 Å². The molecule has 4 nitrogen and oxygen atoms in total. The van der Waals surface area contributed by atoms with Crippen LogP contribution < -0.4 is 5.73 Å². The van der Waals surface area contributed by atoms with Crippen LogP contribution in [0.4, 0.5) is 0 Å². The third-order valence-electron chi connectivity index (χ3n) is 3.62. The molecular formula is C18H16Cl3N3OS. The van der Waals surface area contributed by atoms with Gasteiger partial charge in [0.15, 0.2) is 0 Å². The number of aliphatic hydroxyl groups excluding tert-OH is 1. The number of rotatable bonds is 5. The molecular weight excluding hydrogens is 413 g/mol. The monoisotopic (exact) mass is 427 g/mol. The number of aliphatic hydroxyl groups is 1. The van der Waals surface area contributed by atoms with Gasteiger partial charge < -0.3 is 10.8 Å². The summed E-state index contributed by atoms with van der Waals surface area (Å²) in [7, 11) is 0. The first-order chi connectivity index (χ1) is 12.1. The average molecular weight is 429 g/mol. The Kier molecular flexibility index (Phi) is 7.70. The minimum atomic E-state index is -0.0840. The molecule has 0 spiro atoms. The van der Waals surface area contributed by atoms with Gasteiger partial charge in [-0.15, -0.1) is 12.4 Å². The maximum Gasteiger partial charge on any atom is 0.129 e. The van der Waals surface area contributed by atoms with Gasteiger partial charge in [-0.05, 0) is 47.0 Å². The number of pyridine rings is 2. The summed E-state index contributed by atoms with van der Waals surface area (Å²) in [6.07, 6.45) is 3.34. The minimum absolute atomic E-state index is 0. The van der Waals surface area contributed by atoms with Crippen molar-refractivity contribution in [2.45, 2.75) is 23.1 Å². The predicted octanol–water partition coefficient (Wildman–Crippen LogP) is 4.97. The Hall–Kier alpha value is -1.34. The topological polar surface area (TPSA) is 72.0 Å². The molecule has 0 aliphatic carbocycles. The molecule has 0 fully saturated rings. The van der Waals surface area contributed by atoms with E-state index in [1.54, 1.807) is 24.5 Å². The molecule has 2 aromatic heterocycles. The Morgan fingerprint density at radius 3 is 2.50 bits per heavy atom. The third-order valence-corrected chi connectivity index (χ3v) is 5.48. The van der Waals surface area contributed by atoms with Crippen LogP contribution in [0.25, 0.3) is 11.1 Å². The van der Waals surface area contributed by atoms with Crippen molar-refractivity contribution < 1.29 is 5.11 Å². The molecule has 3 rings (SSSR count). The fourth-order valence-electron chi connectivity index (χ4n) is 2.40. The third kappa shape index (κ3) is 4.68. The lowest BCUT2D eigenvalue weighted by Crippen LogP contribution is -2.01. The van der Waals surface area contributed by atoms with Crippen molar-refractivity contribution in [3.63, 3.8) is 0 Å². The van der Waals surface area contributed by atoms with Crippen LogP contribution in [0.3, 0.4) is 0 Å². The summed E-state index contributed by atoms with van der Waals surface area (Å²) in [4.78, 5) is 9.16. The molecule has 0 unspecified atom stereocenters. The van der Waals surface area contributed by atoms with Crippen molar-refractivity contribution in [2.24, 2.45) is 5.73 Å². The Balaban J connectivity index is 0.00000243. The highest BCUT2D eigenvalue weighted by atomic mass is 35.5. The van der Waals surface area contributed by atoms with Crippen molar-refractivity contribution in [1.29, 1.82) is 0 Å². The molecule has 2 heterocycles. The number of halogens is 3. The quantitative estimate of drug-likeness (QED) is 0.561. The van der Waals surface area contributed by atoms with Crippen molar-refractivity contribution in [3.8, 4) is 11.1 Å². The van der Waals surface area contributed by atoms with Gasteiger partial charge >= 0.3 is 0 Å². The van der Waals surface area contributed by atoms with E-state index in [9.17, 15) is 5.11 Å². The van der Waals surface area contributed by atoms with Crippen LogP contribution in [0.15, 0.2) is 58.7 Å². The van der Waals surface area contributed by atoms with Crippen LogP contribution in [0.1, 0.15) is 11.1 Å². The van der Waals surface area contributed by atoms with Gasteiger partial charge in [0.25, 0.3) is 0 Å². The van der Waals surface area contributed by atoms with Crippen LogP contribution in [0, 0.1) is 0 Å². The zero-order valence-corrected chi connectivity index (χ0v) is 16.7. The number of nitrogens with two attached hydrogens (primary N) is 1. The zero-order chi connectivity index (χ0) is 17.8. The fourth-order valence-corrected chi connectivity index (χ4v) is 3.93. The summed E-state index contributed by atoms with van der Waals surface area (Å²) in [6, 6.07) is 11.1. The molecule has 0 saturated carbocycles. The summed E-state index contributed by atoms with van der Waals surface area (Å²) in [5, 5.41) is 11.2. The second-order valence-corrected chi connectivity index (χ2v) is 7.04. The highest BCUT2D eigenvalue weighted by Gasteiger charge is 2.14. The molecule has 136 valence electrons. The van der Waals surface area contributed by atoms with Gasteiger partial charge in [0.05, 0.1) is 11.6 Å². The van der Waals surface area contributed by atoms with Crippen LogP contribution in [0.5, 0.6) is 0 Å². The summed E-state index contributed by atoms with van der Waals surface area (Å²) in [5.41, 5.74) is 9.42. The first-order valence-electron chi connectivity index (χ1n) is 7.49. The van der Waals surface area contributed by atoms with E-state index in [2.05, 4.69) is 9.97 Å². The molecule has 8 heteroatoms. The molecule has 26 heavy (non-hydrogen) atoms. The Morgan fingerprint density at radius 2 is 1.81 bits per heavy atom. The second kappa shape index (κ2) is 9.55. The van der Waals surface area contributed by atoms with Crippen LogP contribution in [-0.2, 0) is 13.2 Å². The molecule has 0 atom stereocenters. The fraction of sp³-hybridized carbons (Fsp3) is 0.111. The molecule has 3 aromatic rings. The lowest BCUT2D eigenvalue weighted by molar-refractivity contribution is 0.278. The summed E-state index contributed by atoms with van der Waals surface area (Å²) in [6.45, 7) is 0.245. The summed E-state index contributed by atoms with van der Waals surface area (Å²) >= 11 is 13.9. The molecule has 0 bridgehead atoms. The van der Waals surface area contributed by atoms with Crippen LogP contribution in [-0.4, -0.2) is 15.1 Å². The molecule has 0 aliphatic rings. The highest BCUT2D eigenvalue weighted by Crippen LogP contribution is 2.39. The van der Waals surface area contributed by atoms with Gasteiger partial charge in [-0.2, -0.15) is 0 Å². The normalized spacial score (nSPS) is 10.5. The van der Waals surface area contributed by atoms with Gasteiger partial charge in [-0.1, -0.05) is 41.0 Å². The molecule has 0 radical (unpaired) electrons. The van der Waals surface area contributed by atoms with Gasteiger partial charge in [0, 0.05) is 29.4 Å². The van der Waals surface area contributed by atoms with E-state index in [1.807, 2.05) is 24.3 Å².